The largest absolute Gasteiger partial charge is 0.329 e. The summed E-state index contributed by atoms with van der Waals surface area (Å²) >= 11 is 5.93. The Bertz CT molecular complexity index is 495. The molecular weight excluding hydrogens is 277 g/mol. The van der Waals surface area contributed by atoms with Crippen LogP contribution in [0.1, 0.15) is 38.2 Å². The number of Topliss-reactive ketones (excluding diaryl/α,β-unsaturated/α-hetero) is 1. The van der Waals surface area contributed by atoms with Gasteiger partial charge in [-0.3, -0.25) is 4.79 Å². The van der Waals surface area contributed by atoms with Gasteiger partial charge in [0.15, 0.2) is 0 Å². The molecule has 0 saturated heterocycles. The van der Waals surface area contributed by atoms with E-state index in [0.717, 1.165) is 25.7 Å². The molecule has 20 heavy (non-hydrogen) atoms. The average molecular weight is 298 g/mol. The Morgan fingerprint density at radius 3 is 2.70 bits per heavy atom. The Morgan fingerprint density at radius 2 is 2.10 bits per heavy atom. The lowest BCUT2D eigenvalue weighted by Crippen LogP contribution is -2.42. The van der Waals surface area contributed by atoms with Gasteiger partial charge in [0.2, 0.25) is 0 Å². The predicted octanol–water partition coefficient (Wildman–Crippen LogP) is 3.75. The van der Waals surface area contributed by atoms with Gasteiger partial charge in [-0.2, -0.15) is 0 Å². The second-order valence-electron chi connectivity index (χ2n) is 5.98. The number of ketones is 1. The highest BCUT2D eigenvalue weighted by molar-refractivity contribution is 6.31. The lowest BCUT2D eigenvalue weighted by molar-refractivity contribution is -0.129. The number of nitrogens with two attached hydrogens (primary N) is 1. The Morgan fingerprint density at radius 1 is 1.45 bits per heavy atom. The third-order valence-corrected chi connectivity index (χ3v) is 5.02. The van der Waals surface area contributed by atoms with E-state index in [1.807, 2.05) is 0 Å². The number of rotatable bonds is 4. The van der Waals surface area contributed by atoms with Crippen molar-refractivity contribution in [3.63, 3.8) is 0 Å². The standard InChI is InChI=1S/C16H21ClFNO/c1-11-5-7-16(10-19,8-6-11)14(20)9-12-3-2-4-13(18)15(12)17/h2-4,11H,5-10,19H2,1H3. The van der Waals surface area contributed by atoms with Crippen molar-refractivity contribution in [2.45, 2.75) is 39.0 Å². The number of hydrogen-bond donors (Lipinski definition) is 1. The van der Waals surface area contributed by atoms with Crippen LogP contribution in [0, 0.1) is 17.2 Å². The fraction of sp³-hybridized carbons (Fsp3) is 0.562. The summed E-state index contributed by atoms with van der Waals surface area (Å²) in [5.41, 5.74) is 5.99. The highest BCUT2D eigenvalue weighted by Gasteiger charge is 2.39. The van der Waals surface area contributed by atoms with E-state index in [9.17, 15) is 9.18 Å². The first-order valence-corrected chi connectivity index (χ1v) is 7.52. The maximum atomic E-state index is 13.4. The quantitative estimate of drug-likeness (QED) is 0.920. The van der Waals surface area contributed by atoms with E-state index >= 15 is 0 Å². The summed E-state index contributed by atoms with van der Waals surface area (Å²) in [7, 11) is 0. The van der Waals surface area contributed by atoms with E-state index in [-0.39, 0.29) is 17.2 Å². The molecule has 0 radical (unpaired) electrons. The Kier molecular flexibility index (Phi) is 4.82. The van der Waals surface area contributed by atoms with E-state index in [2.05, 4.69) is 6.92 Å². The maximum absolute atomic E-state index is 13.4. The van der Waals surface area contributed by atoms with Crippen LogP contribution in [0.2, 0.25) is 5.02 Å². The molecule has 1 aromatic carbocycles. The summed E-state index contributed by atoms with van der Waals surface area (Å²) < 4.78 is 13.4. The van der Waals surface area contributed by atoms with Gasteiger partial charge in [0.05, 0.1) is 5.02 Å². The molecule has 0 spiro atoms. The molecular formula is C16H21ClFNO. The number of carbonyl (C=O) groups is 1. The fourth-order valence-corrected chi connectivity index (χ4v) is 3.15. The third-order valence-electron chi connectivity index (χ3n) is 4.60. The summed E-state index contributed by atoms with van der Waals surface area (Å²) in [6, 6.07) is 4.60. The van der Waals surface area contributed by atoms with Crippen molar-refractivity contribution in [1.29, 1.82) is 0 Å². The highest BCUT2D eigenvalue weighted by atomic mass is 35.5. The van der Waals surface area contributed by atoms with Crippen LogP contribution in [-0.4, -0.2) is 12.3 Å². The summed E-state index contributed by atoms with van der Waals surface area (Å²) in [6.45, 7) is 2.57. The second kappa shape index (κ2) is 6.23. The minimum atomic E-state index is -0.476. The van der Waals surface area contributed by atoms with Crippen LogP contribution in [0.3, 0.4) is 0 Å². The molecule has 2 rings (SSSR count). The molecule has 0 bridgehead atoms. The zero-order chi connectivity index (χ0) is 14.8. The lowest BCUT2D eigenvalue weighted by Gasteiger charge is -2.37. The first-order valence-electron chi connectivity index (χ1n) is 7.15. The molecule has 2 N–H and O–H groups in total. The van der Waals surface area contributed by atoms with Gasteiger partial charge in [0.1, 0.15) is 11.6 Å². The monoisotopic (exact) mass is 297 g/mol. The van der Waals surface area contributed by atoms with Crippen molar-refractivity contribution >= 4 is 17.4 Å². The molecule has 110 valence electrons. The minimum absolute atomic E-state index is 0.0530. The van der Waals surface area contributed by atoms with Crippen molar-refractivity contribution in [3.05, 3.63) is 34.6 Å². The normalized spacial score (nSPS) is 26.5. The van der Waals surface area contributed by atoms with Gasteiger partial charge in [-0.15, -0.1) is 0 Å². The van der Waals surface area contributed by atoms with E-state index in [1.54, 1.807) is 12.1 Å². The van der Waals surface area contributed by atoms with Crippen LogP contribution in [0.5, 0.6) is 0 Å². The molecule has 0 atom stereocenters. The molecule has 0 unspecified atom stereocenters. The van der Waals surface area contributed by atoms with Crippen molar-refractivity contribution in [3.8, 4) is 0 Å². The minimum Gasteiger partial charge on any atom is -0.329 e. The highest BCUT2D eigenvalue weighted by Crippen LogP contribution is 2.40. The molecule has 1 aliphatic rings. The van der Waals surface area contributed by atoms with Crippen LogP contribution in [-0.2, 0) is 11.2 Å². The Balaban J connectivity index is 2.16. The van der Waals surface area contributed by atoms with Gasteiger partial charge in [0.25, 0.3) is 0 Å². The zero-order valence-corrected chi connectivity index (χ0v) is 12.5. The van der Waals surface area contributed by atoms with Crippen LogP contribution in [0.4, 0.5) is 4.39 Å². The molecule has 4 heteroatoms. The van der Waals surface area contributed by atoms with Crippen molar-refractivity contribution in [2.75, 3.05) is 6.54 Å². The van der Waals surface area contributed by atoms with E-state index in [4.69, 9.17) is 17.3 Å². The van der Waals surface area contributed by atoms with Crippen molar-refractivity contribution < 1.29 is 9.18 Å². The zero-order valence-electron chi connectivity index (χ0n) is 11.8. The van der Waals surface area contributed by atoms with E-state index in [0.29, 0.717) is 18.0 Å². The molecule has 0 amide bonds. The van der Waals surface area contributed by atoms with Crippen LogP contribution < -0.4 is 5.73 Å². The molecule has 0 heterocycles. The summed E-state index contributed by atoms with van der Waals surface area (Å²) in [4.78, 5) is 12.6. The van der Waals surface area contributed by atoms with Crippen molar-refractivity contribution in [1.82, 2.24) is 0 Å². The lowest BCUT2D eigenvalue weighted by atomic mass is 9.67. The van der Waals surface area contributed by atoms with Gasteiger partial charge in [-0.05, 0) is 43.2 Å². The number of hydrogen-bond acceptors (Lipinski definition) is 2. The van der Waals surface area contributed by atoms with Gasteiger partial charge in [0, 0.05) is 18.4 Å². The second-order valence-corrected chi connectivity index (χ2v) is 6.36. The molecule has 1 saturated carbocycles. The number of benzene rings is 1. The molecule has 2 nitrogen and oxygen atoms in total. The first-order chi connectivity index (χ1) is 9.48. The molecule has 0 aliphatic heterocycles. The number of carbonyl (C=O) groups excluding carboxylic acids is 1. The van der Waals surface area contributed by atoms with Crippen LogP contribution in [0.15, 0.2) is 18.2 Å². The van der Waals surface area contributed by atoms with Gasteiger partial charge in [-0.25, -0.2) is 4.39 Å². The third kappa shape index (κ3) is 3.04. The Labute approximate surface area is 124 Å². The Hall–Kier alpha value is -0.930. The molecule has 1 aromatic rings. The van der Waals surface area contributed by atoms with E-state index in [1.165, 1.54) is 6.07 Å². The first kappa shape index (κ1) is 15.5. The SMILES string of the molecule is CC1CCC(CN)(C(=O)Cc2cccc(F)c2Cl)CC1. The summed E-state index contributed by atoms with van der Waals surface area (Å²) in [5.74, 6) is 0.274. The fourth-order valence-electron chi connectivity index (χ4n) is 2.96. The summed E-state index contributed by atoms with van der Waals surface area (Å²) in [5, 5.41) is 0.0530. The van der Waals surface area contributed by atoms with Crippen molar-refractivity contribution in [2.24, 2.45) is 17.1 Å². The summed E-state index contributed by atoms with van der Waals surface area (Å²) in [6.07, 6.45) is 3.88. The van der Waals surface area contributed by atoms with Crippen LogP contribution in [0.25, 0.3) is 0 Å². The van der Waals surface area contributed by atoms with Crippen LogP contribution >= 0.6 is 11.6 Å². The van der Waals surface area contributed by atoms with Gasteiger partial charge in [-0.1, -0.05) is 30.7 Å². The molecule has 1 fully saturated rings. The van der Waals surface area contributed by atoms with Gasteiger partial charge >= 0.3 is 0 Å². The maximum Gasteiger partial charge on any atom is 0.144 e. The van der Waals surface area contributed by atoms with E-state index < -0.39 is 11.2 Å². The smallest absolute Gasteiger partial charge is 0.144 e. The predicted molar refractivity (Wildman–Crippen MR) is 79.2 cm³/mol. The topological polar surface area (TPSA) is 43.1 Å². The van der Waals surface area contributed by atoms with Gasteiger partial charge < -0.3 is 5.73 Å². The molecule has 1 aliphatic carbocycles. The average Bonchev–Trinajstić information content (AvgIpc) is 2.45. The molecule has 0 aromatic heterocycles. The number of halogens is 2.